The van der Waals surface area contributed by atoms with Gasteiger partial charge in [0.2, 0.25) is 0 Å². The van der Waals surface area contributed by atoms with Gasteiger partial charge in [0.15, 0.2) is 0 Å². The van der Waals surface area contributed by atoms with Crippen LogP contribution in [0.1, 0.15) is 36.8 Å². The summed E-state index contributed by atoms with van der Waals surface area (Å²) in [6.45, 7) is 2.30. The Balaban J connectivity index is 2.51. The van der Waals surface area contributed by atoms with Crippen LogP contribution in [0.5, 0.6) is 5.75 Å². The lowest BCUT2D eigenvalue weighted by Crippen LogP contribution is -2.08. The molecule has 1 unspecified atom stereocenters. The molecule has 0 bridgehead atoms. The standard InChI is InChI=1S/C12H15BrO/c1-8-4-3-5-9-6-10(14-2)7-11(13)12(8)9/h6-8H,3-5H2,1-2H3. The molecule has 2 heteroatoms. The van der Waals surface area contributed by atoms with Crippen molar-refractivity contribution in [3.63, 3.8) is 0 Å². The number of hydrogen-bond acceptors (Lipinski definition) is 1. The Morgan fingerprint density at radius 2 is 2.21 bits per heavy atom. The molecule has 1 nitrogen and oxygen atoms in total. The van der Waals surface area contributed by atoms with Crippen LogP contribution in [-0.2, 0) is 6.42 Å². The van der Waals surface area contributed by atoms with Gasteiger partial charge in [-0.25, -0.2) is 0 Å². The lowest BCUT2D eigenvalue weighted by atomic mass is 9.84. The average Bonchev–Trinajstić information content (AvgIpc) is 2.17. The van der Waals surface area contributed by atoms with Crippen molar-refractivity contribution >= 4 is 15.9 Å². The summed E-state index contributed by atoms with van der Waals surface area (Å²) in [5.41, 5.74) is 2.94. The maximum Gasteiger partial charge on any atom is 0.120 e. The third-order valence-corrected chi connectivity index (χ3v) is 3.66. The van der Waals surface area contributed by atoms with Crippen LogP contribution in [0.2, 0.25) is 0 Å². The summed E-state index contributed by atoms with van der Waals surface area (Å²) < 4.78 is 6.47. The van der Waals surface area contributed by atoms with Gasteiger partial charge < -0.3 is 4.74 Å². The Kier molecular flexibility index (Phi) is 2.82. The zero-order chi connectivity index (χ0) is 10.1. The van der Waals surface area contributed by atoms with E-state index in [2.05, 4.69) is 35.0 Å². The zero-order valence-electron chi connectivity index (χ0n) is 8.64. The van der Waals surface area contributed by atoms with Gasteiger partial charge in [0.05, 0.1) is 7.11 Å². The number of ether oxygens (including phenoxy) is 1. The molecule has 0 radical (unpaired) electrons. The minimum Gasteiger partial charge on any atom is -0.497 e. The molecule has 1 aromatic rings. The van der Waals surface area contributed by atoms with E-state index in [-0.39, 0.29) is 0 Å². The summed E-state index contributed by atoms with van der Waals surface area (Å²) in [6.07, 6.45) is 3.79. The Morgan fingerprint density at radius 1 is 1.43 bits per heavy atom. The third kappa shape index (κ3) is 1.68. The molecule has 1 aromatic carbocycles. The van der Waals surface area contributed by atoms with Crippen LogP contribution in [0.15, 0.2) is 16.6 Å². The van der Waals surface area contributed by atoms with Crippen molar-refractivity contribution in [3.05, 3.63) is 27.7 Å². The second kappa shape index (κ2) is 3.93. The minimum atomic E-state index is 0.680. The Morgan fingerprint density at radius 3 is 2.93 bits per heavy atom. The van der Waals surface area contributed by atoms with Crippen LogP contribution >= 0.6 is 15.9 Å². The monoisotopic (exact) mass is 254 g/mol. The Bertz CT molecular complexity index is 346. The molecule has 0 N–H and O–H groups in total. The fourth-order valence-corrected chi connectivity index (χ4v) is 3.14. The van der Waals surface area contributed by atoms with Crippen molar-refractivity contribution in [2.75, 3.05) is 7.11 Å². The molecule has 0 fully saturated rings. The first kappa shape index (κ1) is 10.0. The summed E-state index contributed by atoms with van der Waals surface area (Å²) in [4.78, 5) is 0. The topological polar surface area (TPSA) is 9.23 Å². The van der Waals surface area contributed by atoms with Crippen molar-refractivity contribution in [2.24, 2.45) is 0 Å². The van der Waals surface area contributed by atoms with Crippen LogP contribution in [-0.4, -0.2) is 7.11 Å². The SMILES string of the molecule is COc1cc(Br)c2c(c1)CCCC2C. The lowest BCUT2D eigenvalue weighted by molar-refractivity contribution is 0.412. The molecule has 1 atom stereocenters. The predicted molar refractivity (Wildman–Crippen MR) is 62.0 cm³/mol. The highest BCUT2D eigenvalue weighted by Gasteiger charge is 2.19. The largest absolute Gasteiger partial charge is 0.497 e. The summed E-state index contributed by atoms with van der Waals surface area (Å²) in [5.74, 6) is 1.64. The number of aryl methyl sites for hydroxylation is 1. The molecular formula is C12H15BrO. The molecule has 0 aromatic heterocycles. The summed E-state index contributed by atoms with van der Waals surface area (Å²) >= 11 is 3.63. The minimum absolute atomic E-state index is 0.680. The Labute approximate surface area is 93.6 Å². The van der Waals surface area contributed by atoms with E-state index in [1.807, 2.05) is 0 Å². The van der Waals surface area contributed by atoms with Gasteiger partial charge in [-0.3, -0.25) is 0 Å². The van der Waals surface area contributed by atoms with Gasteiger partial charge in [-0.05, 0) is 48.4 Å². The quantitative estimate of drug-likeness (QED) is 0.739. The average molecular weight is 255 g/mol. The highest BCUT2D eigenvalue weighted by molar-refractivity contribution is 9.10. The molecule has 1 aliphatic carbocycles. The van der Waals surface area contributed by atoms with Crippen LogP contribution in [0.3, 0.4) is 0 Å². The normalized spacial score (nSPS) is 20.4. The smallest absolute Gasteiger partial charge is 0.120 e. The molecule has 0 spiro atoms. The summed E-state index contributed by atoms with van der Waals surface area (Å²) in [5, 5.41) is 0. The van der Waals surface area contributed by atoms with E-state index in [0.29, 0.717) is 5.92 Å². The fraction of sp³-hybridized carbons (Fsp3) is 0.500. The molecule has 14 heavy (non-hydrogen) atoms. The third-order valence-electron chi connectivity index (χ3n) is 3.00. The van der Waals surface area contributed by atoms with E-state index < -0.39 is 0 Å². The van der Waals surface area contributed by atoms with Gasteiger partial charge in [-0.1, -0.05) is 22.9 Å². The highest BCUT2D eigenvalue weighted by Crippen LogP contribution is 2.38. The van der Waals surface area contributed by atoms with Crippen molar-refractivity contribution < 1.29 is 4.74 Å². The van der Waals surface area contributed by atoms with E-state index in [1.54, 1.807) is 7.11 Å². The van der Waals surface area contributed by atoms with E-state index >= 15 is 0 Å². The molecule has 0 aliphatic heterocycles. The van der Waals surface area contributed by atoms with Gasteiger partial charge in [0.1, 0.15) is 5.75 Å². The van der Waals surface area contributed by atoms with Crippen LogP contribution < -0.4 is 4.74 Å². The van der Waals surface area contributed by atoms with Gasteiger partial charge in [0, 0.05) is 4.47 Å². The molecule has 0 saturated heterocycles. The second-order valence-electron chi connectivity index (χ2n) is 3.98. The number of halogens is 1. The number of benzene rings is 1. The first-order valence-corrected chi connectivity index (χ1v) is 5.88. The van der Waals surface area contributed by atoms with Crippen molar-refractivity contribution in [2.45, 2.75) is 32.1 Å². The highest BCUT2D eigenvalue weighted by atomic mass is 79.9. The molecule has 2 rings (SSSR count). The zero-order valence-corrected chi connectivity index (χ0v) is 10.2. The summed E-state index contributed by atoms with van der Waals surface area (Å²) in [7, 11) is 1.72. The van der Waals surface area contributed by atoms with Crippen LogP contribution in [0.25, 0.3) is 0 Å². The molecule has 0 heterocycles. The van der Waals surface area contributed by atoms with Crippen molar-refractivity contribution in [1.29, 1.82) is 0 Å². The van der Waals surface area contributed by atoms with Gasteiger partial charge in [-0.2, -0.15) is 0 Å². The number of hydrogen-bond donors (Lipinski definition) is 0. The molecule has 0 saturated carbocycles. The number of fused-ring (bicyclic) bond motifs is 1. The Hall–Kier alpha value is -0.500. The van der Waals surface area contributed by atoms with Gasteiger partial charge in [-0.15, -0.1) is 0 Å². The van der Waals surface area contributed by atoms with E-state index in [4.69, 9.17) is 4.74 Å². The molecular weight excluding hydrogens is 240 g/mol. The fourth-order valence-electron chi connectivity index (χ4n) is 2.27. The molecule has 76 valence electrons. The van der Waals surface area contributed by atoms with E-state index in [9.17, 15) is 0 Å². The molecule has 0 amide bonds. The van der Waals surface area contributed by atoms with Crippen LogP contribution in [0, 0.1) is 0 Å². The maximum absolute atomic E-state index is 5.27. The summed E-state index contributed by atoms with van der Waals surface area (Å²) in [6, 6.07) is 4.25. The first-order chi connectivity index (χ1) is 6.72. The van der Waals surface area contributed by atoms with Gasteiger partial charge >= 0.3 is 0 Å². The van der Waals surface area contributed by atoms with Crippen molar-refractivity contribution in [1.82, 2.24) is 0 Å². The lowest BCUT2D eigenvalue weighted by Gasteiger charge is -2.24. The molecule has 1 aliphatic rings. The van der Waals surface area contributed by atoms with Crippen LogP contribution in [0.4, 0.5) is 0 Å². The number of methoxy groups -OCH3 is 1. The number of rotatable bonds is 1. The van der Waals surface area contributed by atoms with E-state index in [0.717, 1.165) is 5.75 Å². The van der Waals surface area contributed by atoms with Gasteiger partial charge in [0.25, 0.3) is 0 Å². The maximum atomic E-state index is 5.27. The predicted octanol–water partition coefficient (Wildman–Crippen LogP) is 3.90. The second-order valence-corrected chi connectivity index (χ2v) is 4.83. The van der Waals surface area contributed by atoms with E-state index in [1.165, 1.54) is 34.9 Å². The first-order valence-electron chi connectivity index (χ1n) is 5.08. The van der Waals surface area contributed by atoms with Crippen molar-refractivity contribution in [3.8, 4) is 5.75 Å².